The zero-order chi connectivity index (χ0) is 27.1. The maximum Gasteiger partial charge on any atom is 0.314 e. The van der Waals surface area contributed by atoms with Crippen molar-refractivity contribution in [3.05, 3.63) is 86.9 Å². The van der Waals surface area contributed by atoms with Crippen LogP contribution in [0.1, 0.15) is 12.5 Å². The molecule has 11 heteroatoms. The number of imidazole rings is 1. The monoisotopic (exact) mass is 544 g/mol. The van der Waals surface area contributed by atoms with E-state index in [-0.39, 0.29) is 5.75 Å². The summed E-state index contributed by atoms with van der Waals surface area (Å²) in [6, 6.07) is 18.7. The highest BCUT2D eigenvalue weighted by atomic mass is 32.2. The van der Waals surface area contributed by atoms with Crippen molar-refractivity contribution < 1.29 is 8.42 Å². The number of hydrogen-bond donors (Lipinski definition) is 3. The highest BCUT2D eigenvalue weighted by Crippen LogP contribution is 2.30. The van der Waals surface area contributed by atoms with Crippen LogP contribution in [0.3, 0.4) is 0 Å². The quantitative estimate of drug-likeness (QED) is 0.280. The average molecular weight is 545 g/mol. The predicted octanol–water partition coefficient (Wildman–Crippen LogP) is 2.88. The summed E-state index contributed by atoms with van der Waals surface area (Å²) in [6.45, 7) is 5.78. The summed E-state index contributed by atoms with van der Waals surface area (Å²) in [4.78, 5) is 41.8. The Balaban J connectivity index is 1.17. The lowest BCUT2D eigenvalue weighted by molar-refractivity contribution is 0.250. The van der Waals surface area contributed by atoms with E-state index in [4.69, 9.17) is 4.98 Å². The minimum absolute atomic E-state index is 0.0682. The molecule has 0 saturated carbocycles. The lowest BCUT2D eigenvalue weighted by atomic mass is 10.1. The second-order valence-electron chi connectivity index (χ2n) is 9.74. The molecule has 3 aromatic carbocycles. The van der Waals surface area contributed by atoms with E-state index >= 15 is 0 Å². The maximum atomic E-state index is 12.2. The van der Waals surface area contributed by atoms with Crippen LogP contribution < -0.4 is 16.0 Å². The number of nitrogens with zero attached hydrogens (tertiary/aromatic N) is 3. The first-order valence-electron chi connectivity index (χ1n) is 12.9. The molecule has 2 aromatic heterocycles. The molecule has 1 aliphatic rings. The fraction of sp³-hybridized carbons (Fsp3) is 0.250. The molecule has 10 nitrogen and oxygen atoms in total. The summed E-state index contributed by atoms with van der Waals surface area (Å²) in [5, 5.41) is 0. The number of aromatic amines is 3. The Morgan fingerprint density at radius 3 is 2.26 bits per heavy atom. The van der Waals surface area contributed by atoms with E-state index in [1.165, 1.54) is 0 Å². The second-order valence-corrected chi connectivity index (χ2v) is 12.0. The average Bonchev–Trinajstić information content (AvgIpc) is 3.39. The van der Waals surface area contributed by atoms with Crippen molar-refractivity contribution >= 4 is 37.6 Å². The largest absolute Gasteiger partial charge is 0.367 e. The van der Waals surface area contributed by atoms with E-state index < -0.39 is 21.0 Å². The van der Waals surface area contributed by atoms with Crippen molar-refractivity contribution in [1.29, 1.82) is 0 Å². The molecule has 1 saturated heterocycles. The van der Waals surface area contributed by atoms with Crippen molar-refractivity contribution in [3.8, 4) is 11.4 Å². The Hall–Kier alpha value is -4.22. The van der Waals surface area contributed by atoms with Crippen LogP contribution in [-0.2, 0) is 16.4 Å². The Morgan fingerprint density at radius 1 is 0.821 bits per heavy atom. The SMILES string of the molecule is CCS(=O)(=O)c1ccc(-c2nc3c(N4CCN(Cc5ccc6[nH]c(=O)c(=O)[nH]c6c5)CC4)cccc3[nH]2)cc1. The molecule has 3 N–H and O–H groups in total. The fourth-order valence-corrected chi connectivity index (χ4v) is 5.95. The number of piperazine rings is 1. The van der Waals surface area contributed by atoms with Gasteiger partial charge in [-0.05, 0) is 54.1 Å². The van der Waals surface area contributed by atoms with Crippen LogP contribution in [0, 0.1) is 0 Å². The molecule has 0 radical (unpaired) electrons. The van der Waals surface area contributed by atoms with E-state index in [1.54, 1.807) is 31.2 Å². The Bertz CT molecular complexity index is 1900. The number of fused-ring (bicyclic) bond motifs is 2. The van der Waals surface area contributed by atoms with Crippen LogP contribution in [0.15, 0.2) is 75.1 Å². The minimum atomic E-state index is -3.25. The number of nitrogens with one attached hydrogen (secondary N) is 3. The van der Waals surface area contributed by atoms with Crippen molar-refractivity contribution in [3.63, 3.8) is 0 Å². The zero-order valence-electron chi connectivity index (χ0n) is 21.4. The molecular formula is C28H28N6O4S. The lowest BCUT2D eigenvalue weighted by Gasteiger charge is -2.36. The summed E-state index contributed by atoms with van der Waals surface area (Å²) < 4.78 is 24.3. The van der Waals surface area contributed by atoms with Gasteiger partial charge in [-0.1, -0.05) is 19.1 Å². The molecule has 0 unspecified atom stereocenters. The molecule has 6 rings (SSSR count). The minimum Gasteiger partial charge on any atom is -0.367 e. The first kappa shape index (κ1) is 25.1. The smallest absolute Gasteiger partial charge is 0.314 e. The van der Waals surface area contributed by atoms with Gasteiger partial charge in [-0.15, -0.1) is 0 Å². The van der Waals surface area contributed by atoms with Gasteiger partial charge in [0.2, 0.25) is 0 Å². The van der Waals surface area contributed by atoms with Gasteiger partial charge >= 0.3 is 11.1 Å². The molecule has 200 valence electrons. The van der Waals surface area contributed by atoms with Gasteiger partial charge in [0, 0.05) is 38.3 Å². The number of sulfone groups is 1. The lowest BCUT2D eigenvalue weighted by Crippen LogP contribution is -2.46. The molecule has 39 heavy (non-hydrogen) atoms. The van der Waals surface area contributed by atoms with Crippen LogP contribution in [0.2, 0.25) is 0 Å². The number of hydrogen-bond acceptors (Lipinski definition) is 7. The van der Waals surface area contributed by atoms with Gasteiger partial charge in [-0.25, -0.2) is 13.4 Å². The van der Waals surface area contributed by atoms with Crippen molar-refractivity contribution in [1.82, 2.24) is 24.8 Å². The highest BCUT2D eigenvalue weighted by molar-refractivity contribution is 7.91. The molecule has 0 spiro atoms. The maximum absolute atomic E-state index is 12.2. The van der Waals surface area contributed by atoms with E-state index in [1.807, 2.05) is 30.3 Å². The van der Waals surface area contributed by atoms with Crippen LogP contribution >= 0.6 is 0 Å². The van der Waals surface area contributed by atoms with Gasteiger partial charge in [0.15, 0.2) is 9.84 Å². The summed E-state index contributed by atoms with van der Waals surface area (Å²) in [5.41, 5.74) is 4.72. The van der Waals surface area contributed by atoms with Gasteiger partial charge < -0.3 is 19.9 Å². The number of anilines is 1. The fourth-order valence-electron chi connectivity index (χ4n) is 5.06. The van der Waals surface area contributed by atoms with Gasteiger partial charge in [-0.3, -0.25) is 14.5 Å². The topological polar surface area (TPSA) is 135 Å². The molecule has 0 amide bonds. The highest BCUT2D eigenvalue weighted by Gasteiger charge is 2.21. The number of para-hydroxylation sites is 1. The van der Waals surface area contributed by atoms with Crippen LogP contribution in [0.4, 0.5) is 5.69 Å². The zero-order valence-corrected chi connectivity index (χ0v) is 22.2. The third kappa shape index (κ3) is 4.86. The molecule has 0 bridgehead atoms. The first-order chi connectivity index (χ1) is 18.8. The Labute approximate surface area is 224 Å². The van der Waals surface area contributed by atoms with Gasteiger partial charge in [0.1, 0.15) is 11.3 Å². The first-order valence-corrected chi connectivity index (χ1v) is 14.5. The van der Waals surface area contributed by atoms with Gasteiger partial charge in [0.25, 0.3) is 0 Å². The second kappa shape index (κ2) is 9.83. The van der Waals surface area contributed by atoms with E-state index in [9.17, 15) is 18.0 Å². The normalized spacial score (nSPS) is 14.8. The molecule has 0 atom stereocenters. The summed E-state index contributed by atoms with van der Waals surface area (Å²) in [7, 11) is -3.25. The van der Waals surface area contributed by atoms with Crippen LogP contribution in [0.25, 0.3) is 33.5 Å². The van der Waals surface area contributed by atoms with Crippen LogP contribution in [0.5, 0.6) is 0 Å². The summed E-state index contributed by atoms with van der Waals surface area (Å²) in [6.07, 6.45) is 0. The molecule has 1 fully saturated rings. The number of rotatable bonds is 6. The van der Waals surface area contributed by atoms with Crippen LogP contribution in [-0.4, -0.2) is 65.2 Å². The molecule has 5 aromatic rings. The molecule has 1 aliphatic heterocycles. The molecule has 0 aliphatic carbocycles. The number of benzene rings is 3. The standard InChI is InChI=1S/C28H28N6O4S/c1-2-39(37,38)20-9-7-19(8-10-20)26-29-22-4-3-5-24(25(22)32-26)34-14-12-33(13-15-34)17-18-6-11-21-23(16-18)31-28(36)27(35)30-21/h3-11,16H,2,12-15,17H2,1H3,(H,29,32)(H,30,35)(H,31,36). The molecule has 3 heterocycles. The summed E-state index contributed by atoms with van der Waals surface area (Å²) in [5.74, 6) is 0.769. The summed E-state index contributed by atoms with van der Waals surface area (Å²) >= 11 is 0. The van der Waals surface area contributed by atoms with Gasteiger partial charge in [0.05, 0.1) is 32.9 Å². The van der Waals surface area contributed by atoms with Crippen molar-refractivity contribution in [2.24, 2.45) is 0 Å². The number of H-pyrrole nitrogens is 3. The van der Waals surface area contributed by atoms with E-state index in [2.05, 4.69) is 30.8 Å². The third-order valence-corrected chi connectivity index (χ3v) is 9.01. The Kier molecular flexibility index (Phi) is 6.32. The van der Waals surface area contributed by atoms with Crippen molar-refractivity contribution in [2.45, 2.75) is 18.4 Å². The molecular weight excluding hydrogens is 516 g/mol. The number of aromatic nitrogens is 4. The third-order valence-electron chi connectivity index (χ3n) is 7.26. The van der Waals surface area contributed by atoms with E-state index in [0.29, 0.717) is 21.8 Å². The van der Waals surface area contributed by atoms with Crippen molar-refractivity contribution in [2.75, 3.05) is 36.8 Å². The van der Waals surface area contributed by atoms with E-state index in [0.717, 1.165) is 60.6 Å². The Morgan fingerprint density at radius 2 is 1.54 bits per heavy atom. The predicted molar refractivity (Wildman–Crippen MR) is 152 cm³/mol. The van der Waals surface area contributed by atoms with Gasteiger partial charge in [-0.2, -0.15) is 0 Å².